The molecule has 2 heterocycles. The zero-order valence-corrected chi connectivity index (χ0v) is 23.1. The Balaban J connectivity index is 1.14. The number of halogens is 2. The van der Waals surface area contributed by atoms with E-state index in [1.807, 2.05) is 35.9 Å². The summed E-state index contributed by atoms with van der Waals surface area (Å²) in [4.78, 5) is 38.8. The molecule has 2 amide bonds. The molecule has 8 nitrogen and oxygen atoms in total. The van der Waals surface area contributed by atoms with Crippen molar-refractivity contribution in [2.24, 2.45) is 18.9 Å². The Morgan fingerprint density at radius 3 is 2.62 bits per heavy atom. The first kappa shape index (κ1) is 28.1. The minimum atomic E-state index is -0.735. The molecule has 2 fully saturated rings. The van der Waals surface area contributed by atoms with Crippen LogP contribution in [0.5, 0.6) is 0 Å². The molecule has 2 aromatic carbocycles. The molecule has 1 aliphatic carbocycles. The van der Waals surface area contributed by atoms with E-state index in [1.54, 1.807) is 11.1 Å². The Kier molecular flexibility index (Phi) is 8.42. The van der Waals surface area contributed by atoms with Gasteiger partial charge < -0.3 is 24.6 Å². The monoisotopic (exact) mass is 569 g/mol. The van der Waals surface area contributed by atoms with E-state index in [0.29, 0.717) is 38.1 Å². The Morgan fingerprint density at radius 2 is 1.88 bits per heavy atom. The number of carbonyl (C=O) groups excluding carboxylic acids is 2. The molecule has 2 aliphatic rings. The van der Waals surface area contributed by atoms with Gasteiger partial charge in [0.05, 0.1) is 41.3 Å². The van der Waals surface area contributed by atoms with Crippen LogP contribution in [0.15, 0.2) is 42.6 Å². The molecular formula is C30H33ClFN3O5. The van der Waals surface area contributed by atoms with Crippen LogP contribution in [0, 0.1) is 17.7 Å². The normalized spacial score (nSPS) is 21.1. The molecule has 212 valence electrons. The highest BCUT2D eigenvalue weighted by atomic mass is 35.5. The van der Waals surface area contributed by atoms with Crippen molar-refractivity contribution in [1.29, 1.82) is 0 Å². The van der Waals surface area contributed by atoms with Crippen LogP contribution in [0.4, 0.5) is 10.1 Å². The van der Waals surface area contributed by atoms with Crippen LogP contribution in [-0.4, -0.2) is 58.2 Å². The Labute approximate surface area is 237 Å². The fourth-order valence-electron chi connectivity index (χ4n) is 5.75. The lowest BCUT2D eigenvalue weighted by molar-refractivity contribution is -0.143. The molecule has 40 heavy (non-hydrogen) atoms. The van der Waals surface area contributed by atoms with Crippen LogP contribution in [0.2, 0.25) is 5.02 Å². The highest BCUT2D eigenvalue weighted by Crippen LogP contribution is 2.30. The van der Waals surface area contributed by atoms with Crippen LogP contribution in [0.3, 0.4) is 0 Å². The molecule has 0 spiro atoms. The Morgan fingerprint density at radius 1 is 1.12 bits per heavy atom. The number of carbonyl (C=O) groups is 3. The van der Waals surface area contributed by atoms with Gasteiger partial charge in [0.2, 0.25) is 5.91 Å². The van der Waals surface area contributed by atoms with E-state index in [9.17, 15) is 14.4 Å². The van der Waals surface area contributed by atoms with E-state index < -0.39 is 17.7 Å². The number of nitrogens with one attached hydrogen (secondary N) is 1. The standard InChI is InChI=1S/C30H33ClFN3O5/c1-34-16-23(22-4-2-3-5-27(22)34)29(37)33-26-14-25(32)20(12-24(26)31)13-28(36)35-11-10-18(15-35)17-40-21-8-6-19(7-9-21)30(38)39/h2-5,12,14,16,18-19,21H,6-11,13,15,17H2,1H3,(H,33,37)(H,38,39)/t18-,19?,21?/m1/s1. The van der Waals surface area contributed by atoms with Crippen LogP contribution in [0.25, 0.3) is 10.9 Å². The summed E-state index contributed by atoms with van der Waals surface area (Å²) in [5, 5.41) is 12.8. The van der Waals surface area contributed by atoms with Gasteiger partial charge in [0, 0.05) is 43.2 Å². The van der Waals surface area contributed by atoms with Crippen molar-refractivity contribution in [1.82, 2.24) is 9.47 Å². The Hall–Kier alpha value is -3.43. The predicted octanol–water partition coefficient (Wildman–Crippen LogP) is 5.27. The van der Waals surface area contributed by atoms with Crippen LogP contribution >= 0.6 is 11.6 Å². The number of anilines is 1. The van der Waals surface area contributed by atoms with Crippen molar-refractivity contribution in [3.8, 4) is 0 Å². The molecule has 5 rings (SSSR count). The third-order valence-corrected chi connectivity index (χ3v) is 8.41. The van der Waals surface area contributed by atoms with Gasteiger partial charge in [-0.25, -0.2) is 4.39 Å². The molecule has 1 aliphatic heterocycles. The molecule has 0 bridgehead atoms. The number of aliphatic carboxylic acids is 1. The van der Waals surface area contributed by atoms with Gasteiger partial charge in [-0.15, -0.1) is 0 Å². The molecule has 10 heteroatoms. The van der Waals surface area contributed by atoms with Gasteiger partial charge in [-0.1, -0.05) is 29.8 Å². The first-order valence-electron chi connectivity index (χ1n) is 13.6. The lowest BCUT2D eigenvalue weighted by Crippen LogP contribution is -2.31. The molecule has 1 saturated carbocycles. The summed E-state index contributed by atoms with van der Waals surface area (Å²) in [7, 11) is 1.85. The van der Waals surface area contributed by atoms with E-state index >= 15 is 4.39 Å². The zero-order valence-electron chi connectivity index (χ0n) is 22.4. The number of carboxylic acid groups (broad SMARTS) is 1. The van der Waals surface area contributed by atoms with Gasteiger partial charge in [0.25, 0.3) is 5.91 Å². The molecule has 1 saturated heterocycles. The first-order valence-corrected chi connectivity index (χ1v) is 14.0. The lowest BCUT2D eigenvalue weighted by Gasteiger charge is -2.27. The third-order valence-electron chi connectivity index (χ3n) is 8.10. The van der Waals surface area contributed by atoms with E-state index in [0.717, 1.165) is 36.2 Å². The highest BCUT2D eigenvalue weighted by molar-refractivity contribution is 6.34. The van der Waals surface area contributed by atoms with E-state index in [4.69, 9.17) is 21.4 Å². The van der Waals surface area contributed by atoms with Gasteiger partial charge in [-0.3, -0.25) is 14.4 Å². The van der Waals surface area contributed by atoms with Crippen LogP contribution < -0.4 is 5.32 Å². The SMILES string of the molecule is Cn1cc(C(=O)Nc2cc(F)c(CC(=O)N3CC[C@@H](COC4CCC(C(=O)O)CC4)C3)cc2Cl)c2ccccc21. The maximum Gasteiger partial charge on any atom is 0.306 e. The van der Waals surface area contributed by atoms with Gasteiger partial charge in [-0.05, 0) is 55.9 Å². The fraction of sp³-hybridized carbons (Fsp3) is 0.433. The molecule has 0 radical (unpaired) electrons. The van der Waals surface area contributed by atoms with E-state index in [1.165, 1.54) is 6.07 Å². The summed E-state index contributed by atoms with van der Waals surface area (Å²) in [6, 6.07) is 10.1. The molecule has 1 aromatic heterocycles. The minimum absolute atomic E-state index is 0.0659. The van der Waals surface area contributed by atoms with Gasteiger partial charge >= 0.3 is 5.97 Å². The van der Waals surface area contributed by atoms with E-state index in [2.05, 4.69) is 5.32 Å². The van der Waals surface area contributed by atoms with Gasteiger partial charge in [0.1, 0.15) is 5.82 Å². The van der Waals surface area contributed by atoms with Crippen LogP contribution in [-0.2, 0) is 27.8 Å². The zero-order chi connectivity index (χ0) is 28.4. The maximum absolute atomic E-state index is 15.0. The number of aryl methyl sites for hydroxylation is 1. The summed E-state index contributed by atoms with van der Waals surface area (Å²) in [5.41, 5.74) is 1.67. The highest BCUT2D eigenvalue weighted by Gasteiger charge is 2.30. The fourth-order valence-corrected chi connectivity index (χ4v) is 5.98. The van der Waals surface area contributed by atoms with Crippen molar-refractivity contribution in [3.05, 3.63) is 64.6 Å². The van der Waals surface area contributed by atoms with Gasteiger partial charge in [0.15, 0.2) is 0 Å². The number of likely N-dealkylation sites (tertiary alicyclic amines) is 1. The number of ether oxygens (including phenoxy) is 1. The average molecular weight is 570 g/mol. The second-order valence-electron chi connectivity index (χ2n) is 10.9. The number of rotatable bonds is 8. The van der Waals surface area contributed by atoms with Crippen molar-refractivity contribution < 1.29 is 28.6 Å². The first-order chi connectivity index (χ1) is 19.2. The van der Waals surface area contributed by atoms with E-state index in [-0.39, 0.29) is 46.5 Å². The number of para-hydroxylation sites is 1. The van der Waals surface area contributed by atoms with Crippen LogP contribution in [0.1, 0.15) is 48.0 Å². The maximum atomic E-state index is 15.0. The number of amides is 2. The number of fused-ring (bicyclic) bond motifs is 1. The number of hydrogen-bond donors (Lipinski definition) is 2. The molecular weight excluding hydrogens is 537 g/mol. The summed E-state index contributed by atoms with van der Waals surface area (Å²) >= 11 is 6.40. The molecule has 3 aromatic rings. The molecule has 1 atom stereocenters. The quantitative estimate of drug-likeness (QED) is 0.385. The van der Waals surface area contributed by atoms with Gasteiger partial charge in [-0.2, -0.15) is 0 Å². The van der Waals surface area contributed by atoms with Crippen molar-refractivity contribution in [2.75, 3.05) is 25.0 Å². The smallest absolute Gasteiger partial charge is 0.306 e. The summed E-state index contributed by atoms with van der Waals surface area (Å²) < 4.78 is 22.9. The van der Waals surface area contributed by atoms with Crippen molar-refractivity contribution in [2.45, 2.75) is 44.6 Å². The largest absolute Gasteiger partial charge is 0.481 e. The molecule has 2 N–H and O–H groups in total. The second kappa shape index (κ2) is 12.0. The third kappa shape index (κ3) is 6.15. The number of benzene rings is 2. The number of nitrogens with zero attached hydrogens (tertiary/aromatic N) is 2. The topological polar surface area (TPSA) is 101 Å². The number of carboxylic acids is 1. The summed E-state index contributed by atoms with van der Waals surface area (Å²) in [6.07, 6.45) is 5.21. The second-order valence-corrected chi connectivity index (χ2v) is 11.3. The molecule has 0 unspecified atom stereocenters. The number of hydrogen-bond acceptors (Lipinski definition) is 4. The lowest BCUT2D eigenvalue weighted by atomic mass is 9.87. The average Bonchev–Trinajstić information content (AvgIpc) is 3.55. The van der Waals surface area contributed by atoms with Crippen molar-refractivity contribution in [3.63, 3.8) is 0 Å². The predicted molar refractivity (Wildman–Crippen MR) is 150 cm³/mol. The number of aromatic nitrogens is 1. The minimum Gasteiger partial charge on any atom is -0.481 e. The summed E-state index contributed by atoms with van der Waals surface area (Å²) in [6.45, 7) is 1.64. The summed E-state index contributed by atoms with van der Waals surface area (Å²) in [5.74, 6) is -2.01. The van der Waals surface area contributed by atoms with Crippen molar-refractivity contribution >= 4 is 46.0 Å². The Bertz CT molecular complexity index is 1430.